The Morgan fingerprint density at radius 3 is 2.64 bits per heavy atom. The number of carboxylic acid groups (broad SMARTS) is 1. The number of nitrogens with zero attached hydrogens (tertiary/aromatic N) is 1. The van der Waals surface area contributed by atoms with Gasteiger partial charge in [-0.25, -0.2) is 0 Å². The maximum Gasteiger partial charge on any atom is 0.416 e. The SMILES string of the molecule is CC1CCC(C(=O)O)CN1C(=O)CCCc1cccc(C(F)(F)F)c1. The molecule has 0 bridgehead atoms. The van der Waals surface area contributed by atoms with Crippen LogP contribution in [0.5, 0.6) is 0 Å². The summed E-state index contributed by atoms with van der Waals surface area (Å²) in [5.41, 5.74) is -0.150. The molecule has 0 radical (unpaired) electrons. The van der Waals surface area contributed by atoms with E-state index in [4.69, 9.17) is 5.11 Å². The first kappa shape index (κ1) is 19.3. The summed E-state index contributed by atoms with van der Waals surface area (Å²) in [4.78, 5) is 25.0. The van der Waals surface area contributed by atoms with Gasteiger partial charge < -0.3 is 10.0 Å². The molecule has 1 saturated heterocycles. The first-order valence-electron chi connectivity index (χ1n) is 8.37. The maximum absolute atomic E-state index is 12.7. The van der Waals surface area contributed by atoms with Crippen LogP contribution in [-0.4, -0.2) is 34.5 Å². The number of aliphatic carboxylic acids is 1. The lowest BCUT2D eigenvalue weighted by Crippen LogP contribution is -2.47. The highest BCUT2D eigenvalue weighted by molar-refractivity contribution is 5.78. The van der Waals surface area contributed by atoms with Crippen LogP contribution in [0.1, 0.15) is 43.7 Å². The van der Waals surface area contributed by atoms with E-state index in [-0.39, 0.29) is 24.9 Å². The van der Waals surface area contributed by atoms with Gasteiger partial charge in [-0.2, -0.15) is 13.2 Å². The van der Waals surface area contributed by atoms with Gasteiger partial charge in [0.15, 0.2) is 0 Å². The zero-order valence-electron chi connectivity index (χ0n) is 14.1. The zero-order chi connectivity index (χ0) is 18.6. The van der Waals surface area contributed by atoms with E-state index in [1.807, 2.05) is 6.92 Å². The summed E-state index contributed by atoms with van der Waals surface area (Å²) in [5, 5.41) is 9.11. The van der Waals surface area contributed by atoms with Crippen LogP contribution in [-0.2, 0) is 22.2 Å². The Bertz CT molecular complexity index is 630. The molecule has 2 atom stereocenters. The van der Waals surface area contributed by atoms with Crippen molar-refractivity contribution in [2.24, 2.45) is 5.92 Å². The van der Waals surface area contributed by atoms with Crippen molar-refractivity contribution in [3.8, 4) is 0 Å². The van der Waals surface area contributed by atoms with E-state index < -0.39 is 23.6 Å². The molecule has 1 aliphatic heterocycles. The molecule has 25 heavy (non-hydrogen) atoms. The zero-order valence-corrected chi connectivity index (χ0v) is 14.1. The van der Waals surface area contributed by atoms with Crippen molar-refractivity contribution in [2.45, 2.75) is 51.2 Å². The van der Waals surface area contributed by atoms with Gasteiger partial charge in [-0.05, 0) is 44.2 Å². The van der Waals surface area contributed by atoms with Crippen LogP contribution in [0.3, 0.4) is 0 Å². The van der Waals surface area contributed by atoms with Gasteiger partial charge in [0.05, 0.1) is 11.5 Å². The van der Waals surface area contributed by atoms with Crippen LogP contribution in [0.4, 0.5) is 13.2 Å². The molecule has 0 saturated carbocycles. The Kier molecular flexibility index (Phi) is 6.08. The minimum Gasteiger partial charge on any atom is -0.481 e. The summed E-state index contributed by atoms with van der Waals surface area (Å²) in [6, 6.07) is 5.11. The number of benzene rings is 1. The molecule has 1 aliphatic rings. The quantitative estimate of drug-likeness (QED) is 0.873. The third kappa shape index (κ3) is 5.21. The molecule has 1 N–H and O–H groups in total. The van der Waals surface area contributed by atoms with E-state index in [2.05, 4.69) is 0 Å². The largest absolute Gasteiger partial charge is 0.481 e. The van der Waals surface area contributed by atoms with Crippen LogP contribution in [0, 0.1) is 5.92 Å². The summed E-state index contributed by atoms with van der Waals surface area (Å²) in [7, 11) is 0. The molecular weight excluding hydrogens is 335 g/mol. The summed E-state index contributed by atoms with van der Waals surface area (Å²) < 4.78 is 38.1. The van der Waals surface area contributed by atoms with Crippen LogP contribution >= 0.6 is 0 Å². The van der Waals surface area contributed by atoms with E-state index in [1.165, 1.54) is 6.07 Å². The van der Waals surface area contributed by atoms with Gasteiger partial charge in [0, 0.05) is 19.0 Å². The lowest BCUT2D eigenvalue weighted by atomic mass is 9.93. The number of amides is 1. The van der Waals surface area contributed by atoms with Crippen molar-refractivity contribution in [2.75, 3.05) is 6.54 Å². The number of piperidine rings is 1. The van der Waals surface area contributed by atoms with E-state index in [0.29, 0.717) is 31.2 Å². The predicted molar refractivity (Wildman–Crippen MR) is 85.9 cm³/mol. The Labute approximate surface area is 144 Å². The standard InChI is InChI=1S/C18H22F3NO3/c1-12-8-9-14(17(24)25)11-22(12)16(23)7-3-5-13-4-2-6-15(10-13)18(19,20)21/h2,4,6,10,12,14H,3,5,7-9,11H2,1H3,(H,24,25). The Balaban J connectivity index is 1.89. The van der Waals surface area contributed by atoms with E-state index in [0.717, 1.165) is 12.1 Å². The highest BCUT2D eigenvalue weighted by Gasteiger charge is 2.32. The highest BCUT2D eigenvalue weighted by Crippen LogP contribution is 2.30. The number of carbonyl (C=O) groups is 2. The van der Waals surface area contributed by atoms with Crippen LogP contribution in [0.25, 0.3) is 0 Å². The second-order valence-corrected chi connectivity index (χ2v) is 6.56. The fraction of sp³-hybridized carbons (Fsp3) is 0.556. The predicted octanol–water partition coefficient (Wildman–Crippen LogP) is 3.74. The molecule has 2 unspecified atom stereocenters. The van der Waals surface area contributed by atoms with Crippen molar-refractivity contribution < 1.29 is 27.9 Å². The first-order chi connectivity index (χ1) is 11.7. The third-order valence-electron chi connectivity index (χ3n) is 4.66. The second kappa shape index (κ2) is 7.89. The molecule has 4 nitrogen and oxygen atoms in total. The van der Waals surface area contributed by atoms with E-state index in [1.54, 1.807) is 11.0 Å². The minimum absolute atomic E-state index is 0.00310. The van der Waals surface area contributed by atoms with Crippen molar-refractivity contribution in [1.82, 2.24) is 4.90 Å². The lowest BCUT2D eigenvalue weighted by Gasteiger charge is -2.36. The van der Waals surface area contributed by atoms with Gasteiger partial charge in [0.2, 0.25) is 5.91 Å². The maximum atomic E-state index is 12.7. The molecule has 0 spiro atoms. The molecule has 1 heterocycles. The molecule has 1 fully saturated rings. The molecular formula is C18H22F3NO3. The van der Waals surface area contributed by atoms with Gasteiger partial charge in [-0.1, -0.05) is 18.2 Å². The van der Waals surface area contributed by atoms with Crippen molar-refractivity contribution in [1.29, 1.82) is 0 Å². The number of hydrogen-bond donors (Lipinski definition) is 1. The summed E-state index contributed by atoms with van der Waals surface area (Å²) >= 11 is 0. The van der Waals surface area contributed by atoms with Crippen LogP contribution in [0.2, 0.25) is 0 Å². The van der Waals surface area contributed by atoms with Gasteiger partial charge in [-0.15, -0.1) is 0 Å². The molecule has 0 aliphatic carbocycles. The number of carbonyl (C=O) groups excluding carboxylic acids is 1. The normalized spacial score (nSPS) is 21.2. The first-order valence-corrected chi connectivity index (χ1v) is 8.37. The number of alkyl halides is 3. The third-order valence-corrected chi connectivity index (χ3v) is 4.66. The smallest absolute Gasteiger partial charge is 0.416 e. The summed E-state index contributed by atoms with van der Waals surface area (Å²) in [6.07, 6.45) is -2.16. The molecule has 138 valence electrons. The molecule has 1 aromatic rings. The van der Waals surface area contributed by atoms with Crippen molar-refractivity contribution in [3.05, 3.63) is 35.4 Å². The monoisotopic (exact) mass is 357 g/mol. The second-order valence-electron chi connectivity index (χ2n) is 6.56. The van der Waals surface area contributed by atoms with E-state index in [9.17, 15) is 22.8 Å². The fourth-order valence-corrected chi connectivity index (χ4v) is 3.15. The topological polar surface area (TPSA) is 57.6 Å². The molecule has 0 aromatic heterocycles. The summed E-state index contributed by atoms with van der Waals surface area (Å²) in [5.74, 6) is -1.57. The van der Waals surface area contributed by atoms with Gasteiger partial charge in [0.1, 0.15) is 0 Å². The molecule has 7 heteroatoms. The summed E-state index contributed by atoms with van der Waals surface area (Å²) in [6.45, 7) is 2.10. The van der Waals surface area contributed by atoms with Crippen LogP contribution in [0.15, 0.2) is 24.3 Å². The van der Waals surface area contributed by atoms with Gasteiger partial charge in [-0.3, -0.25) is 9.59 Å². The van der Waals surface area contributed by atoms with Crippen LogP contribution < -0.4 is 0 Å². The van der Waals surface area contributed by atoms with Gasteiger partial charge >= 0.3 is 12.1 Å². The lowest BCUT2D eigenvalue weighted by molar-refractivity contribution is -0.147. The molecule has 2 rings (SSSR count). The number of hydrogen-bond acceptors (Lipinski definition) is 2. The number of carboxylic acids is 1. The fourth-order valence-electron chi connectivity index (χ4n) is 3.15. The average molecular weight is 357 g/mol. The number of halogens is 3. The number of likely N-dealkylation sites (tertiary alicyclic amines) is 1. The van der Waals surface area contributed by atoms with Crippen molar-refractivity contribution >= 4 is 11.9 Å². The highest BCUT2D eigenvalue weighted by atomic mass is 19.4. The number of rotatable bonds is 5. The van der Waals surface area contributed by atoms with E-state index >= 15 is 0 Å². The Morgan fingerprint density at radius 1 is 1.28 bits per heavy atom. The van der Waals surface area contributed by atoms with Gasteiger partial charge in [0.25, 0.3) is 0 Å². The minimum atomic E-state index is -4.37. The van der Waals surface area contributed by atoms with Crippen molar-refractivity contribution in [3.63, 3.8) is 0 Å². The number of aryl methyl sites for hydroxylation is 1. The average Bonchev–Trinajstić information content (AvgIpc) is 2.54. The Morgan fingerprint density at radius 2 is 2.00 bits per heavy atom. The molecule has 1 aromatic carbocycles. The molecule has 1 amide bonds. The Hall–Kier alpha value is -2.05.